The summed E-state index contributed by atoms with van der Waals surface area (Å²) in [6, 6.07) is 0. The van der Waals surface area contributed by atoms with Crippen LogP contribution in [-0.4, -0.2) is 30.9 Å². The minimum Gasteiger partial charge on any atom is -0.462 e. The Labute approximate surface area is 105 Å². The molecule has 0 spiro atoms. The maximum Gasteiger partial charge on any atom is 2.00 e. The van der Waals surface area contributed by atoms with Gasteiger partial charge in [0.1, 0.15) is 25.4 Å². The first kappa shape index (κ1) is 17.3. The number of rotatable bonds is 6. The summed E-state index contributed by atoms with van der Waals surface area (Å²) >= 11 is 0. The summed E-state index contributed by atoms with van der Waals surface area (Å²) in [6.07, 6.45) is -0.256. The molecule has 0 heterocycles. The number of carbonyl (C=O) groups excluding carboxylic acids is 3. The first-order valence-electron chi connectivity index (χ1n) is 4.41. The molecule has 0 aromatic rings. The molecule has 1 radical (unpaired) electrons. The molecule has 0 amide bonds. The van der Waals surface area contributed by atoms with Gasteiger partial charge in [-0.05, 0) is 13.8 Å². The van der Waals surface area contributed by atoms with Crippen LogP contribution in [0.4, 0.5) is 0 Å². The third kappa shape index (κ3) is 9.43. The van der Waals surface area contributed by atoms with E-state index in [0.29, 0.717) is 0 Å². The standard InChI is InChI=1S/C10H14O5.Cu/c1-7(2)10(13)15-5-4-14-9(12)6-8(3)11;/h1,4-6H2,2-3H3;/q;+2. The quantitative estimate of drug-likeness (QED) is 0.234. The van der Waals surface area contributed by atoms with E-state index in [1.807, 2.05) is 0 Å². The molecule has 0 saturated carbocycles. The van der Waals surface area contributed by atoms with Crippen molar-refractivity contribution in [2.24, 2.45) is 0 Å². The van der Waals surface area contributed by atoms with E-state index in [1.165, 1.54) is 13.8 Å². The van der Waals surface area contributed by atoms with E-state index in [-0.39, 0.29) is 48.1 Å². The van der Waals surface area contributed by atoms with Gasteiger partial charge in [-0.3, -0.25) is 9.59 Å². The van der Waals surface area contributed by atoms with Crippen LogP contribution in [0, 0.1) is 0 Å². The van der Waals surface area contributed by atoms with Gasteiger partial charge in [0.05, 0.1) is 0 Å². The topological polar surface area (TPSA) is 69.7 Å². The van der Waals surface area contributed by atoms with Crippen molar-refractivity contribution in [1.29, 1.82) is 0 Å². The van der Waals surface area contributed by atoms with Crippen molar-refractivity contribution in [3.8, 4) is 0 Å². The number of hydrogen-bond acceptors (Lipinski definition) is 5. The Morgan fingerprint density at radius 3 is 2.00 bits per heavy atom. The predicted octanol–water partition coefficient (Wildman–Crippen LogP) is 0.625. The van der Waals surface area contributed by atoms with Gasteiger partial charge in [-0.2, -0.15) is 0 Å². The molecule has 0 N–H and O–H groups in total. The van der Waals surface area contributed by atoms with Gasteiger partial charge in [0, 0.05) is 5.57 Å². The largest absolute Gasteiger partial charge is 2.00 e. The minimum atomic E-state index is -0.617. The molecule has 93 valence electrons. The summed E-state index contributed by atoms with van der Waals surface area (Å²) in [5.74, 6) is -1.41. The van der Waals surface area contributed by atoms with E-state index in [0.717, 1.165) is 0 Å². The molecule has 0 unspecified atom stereocenters. The van der Waals surface area contributed by atoms with E-state index in [2.05, 4.69) is 16.1 Å². The number of hydrogen-bond donors (Lipinski definition) is 0. The average molecular weight is 278 g/mol. The SMILES string of the molecule is C=C(C)C(=O)OCCOC(=O)CC(C)=O.[Cu+2]. The summed E-state index contributed by atoms with van der Waals surface area (Å²) in [5.41, 5.74) is 0.282. The summed E-state index contributed by atoms with van der Waals surface area (Å²) in [4.78, 5) is 32.2. The Morgan fingerprint density at radius 2 is 1.56 bits per heavy atom. The van der Waals surface area contributed by atoms with E-state index in [9.17, 15) is 14.4 Å². The molecule has 16 heavy (non-hydrogen) atoms. The van der Waals surface area contributed by atoms with Gasteiger partial charge in [0.25, 0.3) is 0 Å². The van der Waals surface area contributed by atoms with Crippen molar-refractivity contribution < 1.29 is 40.9 Å². The summed E-state index contributed by atoms with van der Waals surface area (Å²) in [6.45, 7) is 6.11. The zero-order valence-electron chi connectivity index (χ0n) is 9.17. The monoisotopic (exact) mass is 277 g/mol. The summed E-state index contributed by atoms with van der Waals surface area (Å²) in [5, 5.41) is 0. The van der Waals surface area contributed by atoms with Crippen molar-refractivity contribution in [3.05, 3.63) is 12.2 Å². The van der Waals surface area contributed by atoms with Crippen LogP contribution >= 0.6 is 0 Å². The zero-order chi connectivity index (χ0) is 11.8. The third-order valence-electron chi connectivity index (χ3n) is 1.32. The molecule has 0 bridgehead atoms. The normalized spacial score (nSPS) is 8.62. The van der Waals surface area contributed by atoms with Gasteiger partial charge in [0.15, 0.2) is 0 Å². The molecule has 5 nitrogen and oxygen atoms in total. The van der Waals surface area contributed by atoms with Crippen molar-refractivity contribution in [1.82, 2.24) is 0 Å². The molecular weight excluding hydrogens is 264 g/mol. The van der Waals surface area contributed by atoms with Crippen LogP contribution in [0.5, 0.6) is 0 Å². The van der Waals surface area contributed by atoms with Crippen LogP contribution in [0.15, 0.2) is 12.2 Å². The zero-order valence-corrected chi connectivity index (χ0v) is 10.1. The molecular formula is C10H14CuO5+2. The second-order valence-electron chi connectivity index (χ2n) is 3.02. The molecule has 0 aliphatic carbocycles. The van der Waals surface area contributed by atoms with E-state index in [4.69, 9.17) is 0 Å². The van der Waals surface area contributed by atoms with Crippen molar-refractivity contribution in [2.45, 2.75) is 20.3 Å². The van der Waals surface area contributed by atoms with Crippen LogP contribution in [0.25, 0.3) is 0 Å². The van der Waals surface area contributed by atoms with Crippen molar-refractivity contribution >= 4 is 17.7 Å². The van der Waals surface area contributed by atoms with Gasteiger partial charge in [0.2, 0.25) is 0 Å². The van der Waals surface area contributed by atoms with Gasteiger partial charge >= 0.3 is 29.0 Å². The molecule has 6 heteroatoms. The molecule has 0 rings (SSSR count). The fourth-order valence-electron chi connectivity index (χ4n) is 0.667. The smallest absolute Gasteiger partial charge is 0.462 e. The Bertz CT molecular complexity index is 285. The van der Waals surface area contributed by atoms with E-state index < -0.39 is 11.9 Å². The van der Waals surface area contributed by atoms with Crippen LogP contribution in [0.2, 0.25) is 0 Å². The molecule has 0 saturated heterocycles. The maximum absolute atomic E-state index is 10.8. The molecule has 0 aromatic heterocycles. The van der Waals surface area contributed by atoms with Crippen molar-refractivity contribution in [3.63, 3.8) is 0 Å². The van der Waals surface area contributed by atoms with Crippen LogP contribution in [-0.2, 0) is 40.9 Å². The third-order valence-corrected chi connectivity index (χ3v) is 1.32. The average Bonchev–Trinajstić information content (AvgIpc) is 2.10. The van der Waals surface area contributed by atoms with Crippen LogP contribution < -0.4 is 0 Å². The second kappa shape index (κ2) is 9.12. The van der Waals surface area contributed by atoms with Gasteiger partial charge in [-0.15, -0.1) is 0 Å². The van der Waals surface area contributed by atoms with E-state index in [1.54, 1.807) is 0 Å². The molecule has 0 fully saturated rings. The van der Waals surface area contributed by atoms with Gasteiger partial charge in [-0.25, -0.2) is 4.79 Å². The Morgan fingerprint density at radius 1 is 1.06 bits per heavy atom. The molecule has 0 aromatic carbocycles. The van der Waals surface area contributed by atoms with Gasteiger partial charge in [-0.1, -0.05) is 6.58 Å². The molecule has 0 atom stereocenters. The first-order valence-corrected chi connectivity index (χ1v) is 4.41. The Kier molecular flexibility index (Phi) is 9.85. The predicted molar refractivity (Wildman–Crippen MR) is 52.0 cm³/mol. The number of esters is 2. The number of carbonyl (C=O) groups is 3. The molecule has 0 aliphatic rings. The van der Waals surface area contributed by atoms with Crippen molar-refractivity contribution in [2.75, 3.05) is 13.2 Å². The van der Waals surface area contributed by atoms with Crippen LogP contribution in [0.3, 0.4) is 0 Å². The Balaban J connectivity index is 0. The maximum atomic E-state index is 10.8. The summed E-state index contributed by atoms with van der Waals surface area (Å²) < 4.78 is 9.27. The first-order chi connectivity index (χ1) is 6.93. The number of ether oxygens (including phenoxy) is 2. The van der Waals surface area contributed by atoms with Gasteiger partial charge < -0.3 is 9.47 Å². The second-order valence-corrected chi connectivity index (χ2v) is 3.02. The fraction of sp³-hybridized carbons (Fsp3) is 0.500. The Hall–Kier alpha value is -1.13. The molecule has 0 aliphatic heterocycles. The van der Waals surface area contributed by atoms with E-state index >= 15 is 0 Å². The summed E-state index contributed by atoms with van der Waals surface area (Å²) in [7, 11) is 0. The number of Topliss-reactive ketones (excluding diaryl/α,β-unsaturated/α-hetero) is 1. The fourth-order valence-corrected chi connectivity index (χ4v) is 0.667. The number of ketones is 1. The van der Waals surface area contributed by atoms with Crippen LogP contribution in [0.1, 0.15) is 20.3 Å². The minimum absolute atomic E-state index is 0.